The van der Waals surface area contributed by atoms with Crippen LogP contribution in [0, 0.1) is 5.92 Å². The molecule has 0 saturated carbocycles. The molecule has 0 aliphatic rings. The predicted molar refractivity (Wildman–Crippen MR) is 75.1 cm³/mol. The van der Waals surface area contributed by atoms with Crippen LogP contribution in [0.4, 0.5) is 5.69 Å². The first-order valence-electron chi connectivity index (χ1n) is 6.03. The molecule has 2 heteroatoms. The van der Waals surface area contributed by atoms with Crippen molar-refractivity contribution in [2.24, 2.45) is 5.92 Å². The minimum absolute atomic E-state index is 0.553. The van der Waals surface area contributed by atoms with Crippen molar-refractivity contribution in [3.8, 4) is 0 Å². The lowest BCUT2D eigenvalue weighted by molar-refractivity contribution is 0.632. The third-order valence-electron chi connectivity index (χ3n) is 2.65. The van der Waals surface area contributed by atoms with Gasteiger partial charge in [-0.25, -0.2) is 0 Å². The third kappa shape index (κ3) is 4.09. The second kappa shape index (κ2) is 6.19. The third-order valence-corrected chi connectivity index (χ3v) is 3.78. The summed E-state index contributed by atoms with van der Waals surface area (Å²) in [5, 5.41) is 0. The van der Waals surface area contributed by atoms with Crippen LogP contribution in [0.3, 0.4) is 0 Å². The first kappa shape index (κ1) is 13.4. The topological polar surface area (TPSA) is 26.0 Å². The Bertz CT molecular complexity index is 332. The highest BCUT2D eigenvalue weighted by Gasteiger charge is 2.04. The van der Waals surface area contributed by atoms with Crippen LogP contribution in [0.15, 0.2) is 23.1 Å². The summed E-state index contributed by atoms with van der Waals surface area (Å²) in [6.07, 6.45) is 1.25. The van der Waals surface area contributed by atoms with Gasteiger partial charge in [-0.05, 0) is 41.7 Å². The molecule has 0 amide bonds. The molecule has 0 heterocycles. The van der Waals surface area contributed by atoms with Crippen molar-refractivity contribution in [1.29, 1.82) is 0 Å². The minimum atomic E-state index is 0.553. The standard InChI is InChI=1S/C14H23NS/c1-10(2)7-8-16-14-6-5-12(11(3)4)9-13(14)15/h5-6,9-11H,7-8,15H2,1-4H3. The summed E-state index contributed by atoms with van der Waals surface area (Å²) in [4.78, 5) is 1.23. The Morgan fingerprint density at radius 3 is 2.38 bits per heavy atom. The molecule has 0 aliphatic carbocycles. The SMILES string of the molecule is CC(C)CCSc1ccc(C(C)C)cc1N. The van der Waals surface area contributed by atoms with Gasteiger partial charge in [-0.1, -0.05) is 33.8 Å². The molecule has 0 saturated heterocycles. The molecule has 0 spiro atoms. The summed E-state index contributed by atoms with van der Waals surface area (Å²) in [5.41, 5.74) is 8.31. The van der Waals surface area contributed by atoms with Gasteiger partial charge >= 0.3 is 0 Å². The lowest BCUT2D eigenvalue weighted by atomic mass is 10.0. The fraction of sp³-hybridized carbons (Fsp3) is 0.571. The summed E-state index contributed by atoms with van der Waals surface area (Å²) >= 11 is 1.87. The van der Waals surface area contributed by atoms with E-state index in [0.717, 1.165) is 17.4 Å². The van der Waals surface area contributed by atoms with E-state index in [9.17, 15) is 0 Å². The maximum Gasteiger partial charge on any atom is 0.0455 e. The van der Waals surface area contributed by atoms with E-state index in [2.05, 4.69) is 45.9 Å². The number of hydrogen-bond acceptors (Lipinski definition) is 2. The molecule has 0 radical (unpaired) electrons. The number of benzene rings is 1. The van der Waals surface area contributed by atoms with Gasteiger partial charge in [0.15, 0.2) is 0 Å². The summed E-state index contributed by atoms with van der Waals surface area (Å²) in [6, 6.07) is 6.47. The summed E-state index contributed by atoms with van der Waals surface area (Å²) in [5.74, 6) is 2.48. The molecule has 1 nitrogen and oxygen atoms in total. The van der Waals surface area contributed by atoms with Crippen LogP contribution in [0.1, 0.15) is 45.6 Å². The van der Waals surface area contributed by atoms with E-state index in [4.69, 9.17) is 5.73 Å². The molecule has 90 valence electrons. The molecule has 0 aliphatic heterocycles. The fourth-order valence-corrected chi connectivity index (χ4v) is 2.66. The second-order valence-corrected chi connectivity index (χ2v) is 6.12. The van der Waals surface area contributed by atoms with Crippen molar-refractivity contribution in [2.75, 3.05) is 11.5 Å². The Hall–Kier alpha value is -0.630. The lowest BCUT2D eigenvalue weighted by Gasteiger charge is -2.10. The van der Waals surface area contributed by atoms with Crippen molar-refractivity contribution >= 4 is 17.4 Å². The van der Waals surface area contributed by atoms with Gasteiger partial charge in [-0.15, -0.1) is 11.8 Å². The Morgan fingerprint density at radius 1 is 1.19 bits per heavy atom. The van der Waals surface area contributed by atoms with E-state index in [0.29, 0.717) is 5.92 Å². The molecular formula is C14H23NS. The smallest absolute Gasteiger partial charge is 0.0455 e. The Labute approximate surface area is 104 Å². The number of thioether (sulfide) groups is 1. The van der Waals surface area contributed by atoms with Crippen molar-refractivity contribution in [2.45, 2.75) is 44.9 Å². The van der Waals surface area contributed by atoms with E-state index >= 15 is 0 Å². The highest BCUT2D eigenvalue weighted by Crippen LogP contribution is 2.29. The molecule has 0 unspecified atom stereocenters. The molecule has 1 aromatic rings. The number of hydrogen-bond donors (Lipinski definition) is 1. The maximum absolute atomic E-state index is 6.06. The number of rotatable bonds is 5. The monoisotopic (exact) mass is 237 g/mol. The van der Waals surface area contributed by atoms with E-state index in [1.165, 1.54) is 16.9 Å². The highest BCUT2D eigenvalue weighted by atomic mass is 32.2. The van der Waals surface area contributed by atoms with E-state index in [-0.39, 0.29) is 0 Å². The van der Waals surface area contributed by atoms with Crippen molar-refractivity contribution in [3.63, 3.8) is 0 Å². The average molecular weight is 237 g/mol. The van der Waals surface area contributed by atoms with Gasteiger partial charge in [0.2, 0.25) is 0 Å². The van der Waals surface area contributed by atoms with Crippen LogP contribution < -0.4 is 5.73 Å². The summed E-state index contributed by atoms with van der Waals surface area (Å²) in [6.45, 7) is 8.90. The van der Waals surface area contributed by atoms with Crippen molar-refractivity contribution in [3.05, 3.63) is 23.8 Å². The van der Waals surface area contributed by atoms with Crippen LogP contribution in [-0.4, -0.2) is 5.75 Å². The van der Waals surface area contributed by atoms with E-state index in [1.54, 1.807) is 0 Å². The molecule has 0 bridgehead atoms. The molecule has 0 aromatic heterocycles. The number of nitrogen functional groups attached to an aromatic ring is 1. The largest absolute Gasteiger partial charge is 0.398 e. The van der Waals surface area contributed by atoms with E-state index < -0.39 is 0 Å². The zero-order valence-corrected chi connectivity index (χ0v) is 11.6. The molecule has 1 aromatic carbocycles. The lowest BCUT2D eigenvalue weighted by Crippen LogP contribution is -1.95. The maximum atomic E-state index is 6.06. The van der Waals surface area contributed by atoms with Crippen LogP contribution in [0.2, 0.25) is 0 Å². The van der Waals surface area contributed by atoms with Gasteiger partial charge in [-0.2, -0.15) is 0 Å². The van der Waals surface area contributed by atoms with Crippen molar-refractivity contribution < 1.29 is 0 Å². The average Bonchev–Trinajstić information content (AvgIpc) is 2.19. The van der Waals surface area contributed by atoms with Crippen LogP contribution in [0.5, 0.6) is 0 Å². The number of nitrogens with two attached hydrogens (primary N) is 1. The first-order chi connectivity index (χ1) is 7.50. The second-order valence-electron chi connectivity index (χ2n) is 4.98. The zero-order valence-electron chi connectivity index (χ0n) is 10.8. The van der Waals surface area contributed by atoms with Gasteiger partial charge in [0.1, 0.15) is 0 Å². The molecule has 16 heavy (non-hydrogen) atoms. The summed E-state index contributed by atoms with van der Waals surface area (Å²) in [7, 11) is 0. The molecule has 2 N–H and O–H groups in total. The van der Waals surface area contributed by atoms with Gasteiger partial charge in [0, 0.05) is 10.6 Å². The van der Waals surface area contributed by atoms with Gasteiger partial charge in [-0.3, -0.25) is 0 Å². The predicted octanol–water partition coefficient (Wildman–Crippen LogP) is 4.53. The highest BCUT2D eigenvalue weighted by molar-refractivity contribution is 7.99. The number of anilines is 1. The minimum Gasteiger partial charge on any atom is -0.398 e. The van der Waals surface area contributed by atoms with Gasteiger partial charge in [0.25, 0.3) is 0 Å². The van der Waals surface area contributed by atoms with Crippen LogP contribution in [0.25, 0.3) is 0 Å². The van der Waals surface area contributed by atoms with E-state index in [1.807, 2.05) is 11.8 Å². The van der Waals surface area contributed by atoms with Gasteiger partial charge in [0.05, 0.1) is 0 Å². The molecule has 0 atom stereocenters. The van der Waals surface area contributed by atoms with Crippen molar-refractivity contribution in [1.82, 2.24) is 0 Å². The Kier molecular flexibility index (Phi) is 5.20. The normalized spacial score (nSPS) is 11.4. The first-order valence-corrected chi connectivity index (χ1v) is 7.01. The summed E-state index contributed by atoms with van der Waals surface area (Å²) < 4.78 is 0. The molecule has 1 rings (SSSR count). The van der Waals surface area contributed by atoms with Crippen LogP contribution >= 0.6 is 11.8 Å². The quantitative estimate of drug-likeness (QED) is 0.601. The molecule has 0 fully saturated rings. The Balaban J connectivity index is 2.61. The Morgan fingerprint density at radius 2 is 1.88 bits per heavy atom. The van der Waals surface area contributed by atoms with Gasteiger partial charge < -0.3 is 5.73 Å². The van der Waals surface area contributed by atoms with Crippen LogP contribution in [-0.2, 0) is 0 Å². The fourth-order valence-electron chi connectivity index (χ4n) is 1.46. The zero-order chi connectivity index (χ0) is 12.1. The molecular weight excluding hydrogens is 214 g/mol.